The van der Waals surface area contributed by atoms with Crippen molar-refractivity contribution in [3.05, 3.63) is 29.1 Å². The number of halogens is 1. The zero-order valence-electron chi connectivity index (χ0n) is 12.4. The van der Waals surface area contributed by atoms with Crippen LogP contribution >= 0.6 is 0 Å². The van der Waals surface area contributed by atoms with Crippen molar-refractivity contribution in [2.75, 3.05) is 12.3 Å². The quantitative estimate of drug-likeness (QED) is 0.742. The number of rotatable bonds is 0. The number of carbonyl (C=O) groups is 1. The van der Waals surface area contributed by atoms with Gasteiger partial charge < -0.3 is 15.4 Å². The van der Waals surface area contributed by atoms with Gasteiger partial charge in [0.1, 0.15) is 11.4 Å². The molecule has 1 unspecified atom stereocenters. The summed E-state index contributed by atoms with van der Waals surface area (Å²) >= 11 is 0. The van der Waals surface area contributed by atoms with E-state index in [0.29, 0.717) is 24.2 Å². The summed E-state index contributed by atoms with van der Waals surface area (Å²) in [6.45, 7) is 7.71. The third kappa shape index (κ3) is 2.71. The van der Waals surface area contributed by atoms with E-state index in [0.717, 1.165) is 5.56 Å². The van der Waals surface area contributed by atoms with Gasteiger partial charge in [0.15, 0.2) is 0 Å². The minimum atomic E-state index is -0.564. The summed E-state index contributed by atoms with van der Waals surface area (Å²) in [5, 5.41) is 0. The maximum absolute atomic E-state index is 14.0. The Kier molecular flexibility index (Phi) is 3.63. The van der Waals surface area contributed by atoms with Gasteiger partial charge in [-0.2, -0.15) is 0 Å². The van der Waals surface area contributed by atoms with Crippen molar-refractivity contribution in [2.45, 2.75) is 45.8 Å². The molecule has 2 rings (SSSR count). The number of hydrogen-bond donors (Lipinski definition) is 1. The molecule has 4 nitrogen and oxygen atoms in total. The molecule has 0 radical (unpaired) electrons. The van der Waals surface area contributed by atoms with Gasteiger partial charge >= 0.3 is 6.09 Å². The van der Waals surface area contributed by atoms with E-state index in [4.69, 9.17) is 10.5 Å². The molecule has 1 amide bonds. The molecule has 5 heteroatoms. The van der Waals surface area contributed by atoms with E-state index in [2.05, 4.69) is 0 Å². The molecular formula is C15H21FN2O2. The number of nitrogens with zero attached hydrogens (tertiary/aromatic N) is 1. The van der Waals surface area contributed by atoms with E-state index < -0.39 is 11.7 Å². The number of nitrogen functional groups attached to an aromatic ring is 1. The molecule has 0 saturated carbocycles. The molecule has 1 atom stereocenters. The van der Waals surface area contributed by atoms with Crippen LogP contribution in [0.25, 0.3) is 0 Å². The molecule has 20 heavy (non-hydrogen) atoms. The number of anilines is 1. The lowest BCUT2D eigenvalue weighted by atomic mass is 9.92. The van der Waals surface area contributed by atoms with Gasteiger partial charge in [0.05, 0.1) is 6.04 Å². The van der Waals surface area contributed by atoms with E-state index in [1.165, 1.54) is 6.07 Å². The van der Waals surface area contributed by atoms with Crippen LogP contribution in [0, 0.1) is 5.82 Å². The molecule has 110 valence electrons. The molecule has 1 aliphatic rings. The van der Waals surface area contributed by atoms with E-state index in [1.54, 1.807) is 17.9 Å². The molecule has 2 N–H and O–H groups in total. The molecule has 1 aliphatic heterocycles. The van der Waals surface area contributed by atoms with Crippen LogP contribution < -0.4 is 5.73 Å². The fraction of sp³-hybridized carbons (Fsp3) is 0.533. The number of carbonyl (C=O) groups excluding carboxylic acids is 1. The minimum Gasteiger partial charge on any atom is -0.444 e. The number of nitrogens with two attached hydrogens (primary N) is 1. The van der Waals surface area contributed by atoms with Crippen LogP contribution in [0.5, 0.6) is 0 Å². The van der Waals surface area contributed by atoms with Crippen LogP contribution in [0.1, 0.15) is 44.9 Å². The fourth-order valence-electron chi connectivity index (χ4n) is 2.54. The molecule has 0 aromatic heterocycles. The predicted molar refractivity (Wildman–Crippen MR) is 75.9 cm³/mol. The second-order valence-corrected chi connectivity index (χ2v) is 6.13. The van der Waals surface area contributed by atoms with Gasteiger partial charge in [-0.05, 0) is 51.8 Å². The molecule has 0 spiro atoms. The Labute approximate surface area is 118 Å². The maximum Gasteiger partial charge on any atom is 0.410 e. The Morgan fingerprint density at radius 3 is 2.70 bits per heavy atom. The monoisotopic (exact) mass is 280 g/mol. The van der Waals surface area contributed by atoms with Crippen LogP contribution in [0.4, 0.5) is 14.9 Å². The van der Waals surface area contributed by atoms with Crippen molar-refractivity contribution in [3.63, 3.8) is 0 Å². The standard InChI is InChI=1S/C15H21FN2O2/c1-9-13-10(12(17)6-5-11(13)16)7-8-18(9)14(19)20-15(2,3)4/h5-6,9H,7-8,17H2,1-4H3. The van der Waals surface area contributed by atoms with Crippen molar-refractivity contribution < 1.29 is 13.9 Å². The zero-order valence-corrected chi connectivity index (χ0v) is 12.4. The topological polar surface area (TPSA) is 55.6 Å². The van der Waals surface area contributed by atoms with Crippen LogP contribution in [0.3, 0.4) is 0 Å². The average Bonchev–Trinajstić information content (AvgIpc) is 2.31. The Morgan fingerprint density at radius 2 is 2.10 bits per heavy atom. The predicted octanol–water partition coefficient (Wildman–Crippen LogP) is 3.26. The van der Waals surface area contributed by atoms with E-state index in [1.807, 2.05) is 20.8 Å². The van der Waals surface area contributed by atoms with Crippen LogP contribution in [0.2, 0.25) is 0 Å². The van der Waals surface area contributed by atoms with Crippen molar-refractivity contribution in [2.24, 2.45) is 0 Å². The second kappa shape index (κ2) is 4.96. The molecule has 1 aromatic rings. The van der Waals surface area contributed by atoms with Gasteiger partial charge in [0.25, 0.3) is 0 Å². The first kappa shape index (κ1) is 14.6. The lowest BCUT2D eigenvalue weighted by molar-refractivity contribution is 0.0156. The maximum atomic E-state index is 14.0. The van der Waals surface area contributed by atoms with Crippen molar-refractivity contribution in [1.29, 1.82) is 0 Å². The fourth-order valence-corrected chi connectivity index (χ4v) is 2.54. The Hall–Kier alpha value is -1.78. The number of ether oxygens (including phenoxy) is 1. The van der Waals surface area contributed by atoms with Gasteiger partial charge in [0, 0.05) is 17.8 Å². The van der Waals surface area contributed by atoms with E-state index >= 15 is 0 Å². The first-order valence-electron chi connectivity index (χ1n) is 6.77. The van der Waals surface area contributed by atoms with Gasteiger partial charge in [-0.25, -0.2) is 9.18 Å². The molecule has 0 fully saturated rings. The summed E-state index contributed by atoms with van der Waals surface area (Å²) in [5.41, 5.74) is 7.22. The minimum absolute atomic E-state index is 0.324. The Morgan fingerprint density at radius 1 is 1.45 bits per heavy atom. The second-order valence-electron chi connectivity index (χ2n) is 6.13. The smallest absolute Gasteiger partial charge is 0.410 e. The molecule has 0 bridgehead atoms. The summed E-state index contributed by atoms with van der Waals surface area (Å²) < 4.78 is 19.4. The Balaban J connectivity index is 2.30. The highest BCUT2D eigenvalue weighted by molar-refractivity contribution is 5.70. The number of hydrogen-bond acceptors (Lipinski definition) is 3. The van der Waals surface area contributed by atoms with Crippen LogP contribution in [0.15, 0.2) is 12.1 Å². The van der Waals surface area contributed by atoms with Crippen molar-refractivity contribution in [3.8, 4) is 0 Å². The lowest BCUT2D eigenvalue weighted by Gasteiger charge is -2.36. The van der Waals surface area contributed by atoms with E-state index in [-0.39, 0.29) is 11.9 Å². The highest BCUT2D eigenvalue weighted by Crippen LogP contribution is 2.35. The van der Waals surface area contributed by atoms with Gasteiger partial charge in [-0.1, -0.05) is 0 Å². The third-order valence-corrected chi connectivity index (χ3v) is 3.46. The number of fused-ring (bicyclic) bond motifs is 1. The highest BCUT2D eigenvalue weighted by atomic mass is 19.1. The molecule has 0 saturated heterocycles. The molecule has 1 aromatic carbocycles. The molecule has 0 aliphatic carbocycles. The number of benzene rings is 1. The first-order valence-corrected chi connectivity index (χ1v) is 6.77. The summed E-state index contributed by atoms with van der Waals surface area (Å²) in [6, 6.07) is 2.55. The third-order valence-electron chi connectivity index (χ3n) is 3.46. The van der Waals surface area contributed by atoms with Crippen LogP contribution in [-0.4, -0.2) is 23.1 Å². The zero-order chi connectivity index (χ0) is 15.1. The van der Waals surface area contributed by atoms with Gasteiger partial charge in [0.2, 0.25) is 0 Å². The van der Waals surface area contributed by atoms with Crippen LogP contribution in [-0.2, 0) is 11.2 Å². The largest absolute Gasteiger partial charge is 0.444 e. The summed E-state index contributed by atoms with van der Waals surface area (Å²) in [4.78, 5) is 13.7. The van der Waals surface area contributed by atoms with Gasteiger partial charge in [-0.3, -0.25) is 0 Å². The normalized spacial score (nSPS) is 18.6. The highest BCUT2D eigenvalue weighted by Gasteiger charge is 2.33. The summed E-state index contributed by atoms with van der Waals surface area (Å²) in [6.07, 6.45) is 0.125. The van der Waals surface area contributed by atoms with E-state index in [9.17, 15) is 9.18 Å². The Bertz CT molecular complexity index is 537. The van der Waals surface area contributed by atoms with Gasteiger partial charge in [-0.15, -0.1) is 0 Å². The average molecular weight is 280 g/mol. The first-order chi connectivity index (χ1) is 9.20. The molecular weight excluding hydrogens is 259 g/mol. The lowest BCUT2D eigenvalue weighted by Crippen LogP contribution is -2.42. The SMILES string of the molecule is CC1c2c(F)ccc(N)c2CCN1C(=O)OC(C)(C)C. The molecule has 1 heterocycles. The summed E-state index contributed by atoms with van der Waals surface area (Å²) in [7, 11) is 0. The van der Waals surface area contributed by atoms with Crippen molar-refractivity contribution in [1.82, 2.24) is 4.90 Å². The van der Waals surface area contributed by atoms with Crippen molar-refractivity contribution >= 4 is 11.8 Å². The number of amides is 1. The summed E-state index contributed by atoms with van der Waals surface area (Å²) in [5.74, 6) is -0.324.